The van der Waals surface area contributed by atoms with Crippen molar-refractivity contribution in [3.05, 3.63) is 65.7 Å². The third kappa shape index (κ3) is 3.19. The molecule has 0 radical (unpaired) electrons. The van der Waals surface area contributed by atoms with Gasteiger partial charge in [0.05, 0.1) is 16.8 Å². The molecule has 0 aromatic heterocycles. The van der Waals surface area contributed by atoms with Crippen LogP contribution in [0.4, 0.5) is 0 Å². The SMILES string of the molecule is CCCCC1(CC)CS(=O)(=O)c2ccccc2C(OC)(c2ccccc2)C1O. The lowest BCUT2D eigenvalue weighted by Gasteiger charge is -2.46. The van der Waals surface area contributed by atoms with Crippen LogP contribution >= 0.6 is 0 Å². The van der Waals surface area contributed by atoms with E-state index in [1.807, 2.05) is 43.3 Å². The van der Waals surface area contributed by atoms with Crippen LogP contribution in [-0.2, 0) is 20.2 Å². The fourth-order valence-electron chi connectivity index (χ4n) is 4.71. The van der Waals surface area contributed by atoms with Crippen molar-refractivity contribution in [2.75, 3.05) is 12.9 Å². The second-order valence-corrected chi connectivity index (χ2v) is 9.74. The number of methoxy groups -OCH3 is 1. The molecule has 5 heteroatoms. The summed E-state index contributed by atoms with van der Waals surface area (Å²) in [5.74, 6) is -0.0768. The second kappa shape index (κ2) is 7.97. The number of ether oxygens (including phenoxy) is 1. The molecule has 28 heavy (non-hydrogen) atoms. The molecule has 0 aliphatic carbocycles. The highest BCUT2D eigenvalue weighted by Crippen LogP contribution is 2.52. The molecule has 0 spiro atoms. The van der Waals surface area contributed by atoms with Crippen LogP contribution in [0, 0.1) is 5.41 Å². The molecular weight excluding hydrogens is 372 g/mol. The molecule has 1 heterocycles. The van der Waals surface area contributed by atoms with E-state index in [1.54, 1.807) is 25.3 Å². The van der Waals surface area contributed by atoms with Crippen molar-refractivity contribution in [2.24, 2.45) is 5.41 Å². The summed E-state index contributed by atoms with van der Waals surface area (Å²) in [7, 11) is -2.03. The van der Waals surface area contributed by atoms with E-state index in [2.05, 4.69) is 6.92 Å². The molecule has 1 N–H and O–H groups in total. The molecule has 3 atom stereocenters. The Bertz CT molecular complexity index is 909. The van der Waals surface area contributed by atoms with Gasteiger partial charge in [-0.05, 0) is 24.5 Å². The summed E-state index contributed by atoms with van der Waals surface area (Å²) in [6, 6.07) is 16.5. The summed E-state index contributed by atoms with van der Waals surface area (Å²) in [4.78, 5) is 0.256. The Morgan fingerprint density at radius 1 is 1.07 bits per heavy atom. The van der Waals surface area contributed by atoms with Gasteiger partial charge in [0.15, 0.2) is 9.84 Å². The smallest absolute Gasteiger partial charge is 0.179 e. The lowest BCUT2D eigenvalue weighted by Crippen LogP contribution is -2.53. The molecule has 0 fully saturated rings. The highest BCUT2D eigenvalue weighted by atomic mass is 32.2. The molecule has 3 rings (SSSR count). The molecule has 152 valence electrons. The number of rotatable bonds is 6. The van der Waals surface area contributed by atoms with Gasteiger partial charge in [0.25, 0.3) is 0 Å². The lowest BCUT2D eigenvalue weighted by atomic mass is 9.66. The maximum absolute atomic E-state index is 13.4. The molecule has 2 aromatic carbocycles. The molecule has 4 nitrogen and oxygen atoms in total. The van der Waals surface area contributed by atoms with Crippen molar-refractivity contribution in [2.45, 2.75) is 56.1 Å². The highest BCUT2D eigenvalue weighted by molar-refractivity contribution is 7.91. The van der Waals surface area contributed by atoms with E-state index in [9.17, 15) is 13.5 Å². The number of fused-ring (bicyclic) bond motifs is 1. The van der Waals surface area contributed by atoms with E-state index in [-0.39, 0.29) is 10.6 Å². The number of aliphatic hydroxyl groups excluding tert-OH is 1. The Morgan fingerprint density at radius 2 is 1.71 bits per heavy atom. The Balaban J connectivity index is 2.39. The Kier molecular flexibility index (Phi) is 5.99. The van der Waals surface area contributed by atoms with Crippen molar-refractivity contribution in [1.82, 2.24) is 0 Å². The fourth-order valence-corrected chi connectivity index (χ4v) is 6.97. The molecular formula is C23H30O4S. The van der Waals surface area contributed by atoms with E-state index in [0.29, 0.717) is 18.4 Å². The van der Waals surface area contributed by atoms with Gasteiger partial charge in [-0.25, -0.2) is 8.42 Å². The van der Waals surface area contributed by atoms with Crippen LogP contribution in [-0.4, -0.2) is 32.5 Å². The molecule has 0 bridgehead atoms. The third-order valence-corrected chi connectivity index (χ3v) is 8.30. The summed E-state index contributed by atoms with van der Waals surface area (Å²) in [5, 5.41) is 11.9. The summed E-state index contributed by atoms with van der Waals surface area (Å²) in [6.45, 7) is 4.05. The van der Waals surface area contributed by atoms with Crippen LogP contribution in [0.25, 0.3) is 0 Å². The summed E-state index contributed by atoms with van der Waals surface area (Å²) >= 11 is 0. The second-order valence-electron chi connectivity index (χ2n) is 7.78. The van der Waals surface area contributed by atoms with Crippen molar-refractivity contribution in [3.8, 4) is 0 Å². The van der Waals surface area contributed by atoms with Gasteiger partial charge in [0.2, 0.25) is 0 Å². The quantitative estimate of drug-likeness (QED) is 0.782. The fraction of sp³-hybridized carbons (Fsp3) is 0.478. The summed E-state index contributed by atoms with van der Waals surface area (Å²) in [6.07, 6.45) is 1.98. The van der Waals surface area contributed by atoms with Gasteiger partial charge >= 0.3 is 0 Å². The van der Waals surface area contributed by atoms with E-state index in [4.69, 9.17) is 4.74 Å². The molecule has 3 unspecified atom stereocenters. The van der Waals surface area contributed by atoms with Crippen molar-refractivity contribution < 1.29 is 18.3 Å². The minimum absolute atomic E-state index is 0.0768. The molecule has 0 amide bonds. The number of hydrogen-bond donors (Lipinski definition) is 1. The average Bonchev–Trinajstić information content (AvgIpc) is 2.78. The maximum atomic E-state index is 13.4. The molecule has 0 saturated carbocycles. The summed E-state index contributed by atoms with van der Waals surface area (Å²) < 4.78 is 33.0. The third-order valence-electron chi connectivity index (χ3n) is 6.32. The van der Waals surface area contributed by atoms with Crippen molar-refractivity contribution >= 4 is 9.84 Å². The highest BCUT2D eigenvalue weighted by Gasteiger charge is 2.57. The lowest BCUT2D eigenvalue weighted by molar-refractivity contribution is -0.134. The van der Waals surface area contributed by atoms with Gasteiger partial charge in [-0.2, -0.15) is 0 Å². The van der Waals surface area contributed by atoms with Gasteiger partial charge in [0, 0.05) is 18.1 Å². The first-order valence-electron chi connectivity index (χ1n) is 9.99. The maximum Gasteiger partial charge on any atom is 0.179 e. The number of sulfone groups is 1. The Morgan fingerprint density at radius 3 is 2.32 bits per heavy atom. The van der Waals surface area contributed by atoms with Gasteiger partial charge < -0.3 is 9.84 Å². The van der Waals surface area contributed by atoms with E-state index < -0.39 is 27.0 Å². The van der Waals surface area contributed by atoms with E-state index in [0.717, 1.165) is 18.4 Å². The monoisotopic (exact) mass is 402 g/mol. The van der Waals surface area contributed by atoms with Gasteiger partial charge in [-0.1, -0.05) is 75.2 Å². The minimum Gasteiger partial charge on any atom is -0.389 e. The number of unbranched alkanes of at least 4 members (excludes halogenated alkanes) is 1. The normalized spacial score (nSPS) is 29.1. The first-order valence-corrected chi connectivity index (χ1v) is 11.6. The number of aliphatic hydroxyl groups is 1. The zero-order valence-corrected chi connectivity index (χ0v) is 17.7. The summed E-state index contributed by atoms with van der Waals surface area (Å²) in [5.41, 5.74) is -0.753. The predicted octanol–water partition coefficient (Wildman–Crippen LogP) is 4.31. The predicted molar refractivity (Wildman–Crippen MR) is 111 cm³/mol. The van der Waals surface area contributed by atoms with Crippen LogP contribution in [0.2, 0.25) is 0 Å². The van der Waals surface area contributed by atoms with Crippen molar-refractivity contribution in [1.29, 1.82) is 0 Å². The average molecular weight is 403 g/mol. The minimum atomic E-state index is -3.59. The standard InChI is InChI=1S/C23H30O4S/c1-4-6-16-22(5-2)17-28(25,26)20-15-11-10-14-19(20)23(27-3,21(22)24)18-12-8-7-9-13-18/h7-15,21,24H,4-6,16-17H2,1-3H3. The van der Waals surface area contributed by atoms with Crippen molar-refractivity contribution in [3.63, 3.8) is 0 Å². The van der Waals surface area contributed by atoms with Crippen LogP contribution in [0.1, 0.15) is 50.7 Å². The van der Waals surface area contributed by atoms with Crippen LogP contribution < -0.4 is 0 Å². The van der Waals surface area contributed by atoms with E-state index >= 15 is 0 Å². The largest absolute Gasteiger partial charge is 0.389 e. The van der Waals surface area contributed by atoms with Gasteiger partial charge in [0.1, 0.15) is 5.60 Å². The first kappa shape index (κ1) is 21.0. The van der Waals surface area contributed by atoms with Crippen LogP contribution in [0.5, 0.6) is 0 Å². The van der Waals surface area contributed by atoms with Crippen LogP contribution in [0.15, 0.2) is 59.5 Å². The molecule has 1 aliphatic heterocycles. The Labute approximate surface area is 168 Å². The Hall–Kier alpha value is -1.69. The molecule has 0 saturated heterocycles. The number of benzene rings is 2. The number of hydrogen-bond acceptors (Lipinski definition) is 4. The zero-order valence-electron chi connectivity index (χ0n) is 16.9. The van der Waals surface area contributed by atoms with Gasteiger partial charge in [-0.3, -0.25) is 0 Å². The zero-order chi connectivity index (χ0) is 20.4. The first-order chi connectivity index (χ1) is 13.4. The molecule has 2 aromatic rings. The van der Waals surface area contributed by atoms with Crippen LogP contribution in [0.3, 0.4) is 0 Å². The molecule has 1 aliphatic rings. The van der Waals surface area contributed by atoms with Gasteiger partial charge in [-0.15, -0.1) is 0 Å². The van der Waals surface area contributed by atoms with E-state index in [1.165, 1.54) is 0 Å². The topological polar surface area (TPSA) is 63.6 Å².